The standard InChI is InChI=1S/C17H36O/c1-4-5-6-7-8-9-10-11-12-13-14-15-18-16-17(2)3/h17H,4-16H2,1-3H3. The fourth-order valence-corrected chi connectivity index (χ4v) is 2.19. The Hall–Kier alpha value is -0.0400. The van der Waals surface area contributed by atoms with Crippen LogP contribution in [0.5, 0.6) is 0 Å². The van der Waals surface area contributed by atoms with E-state index in [1.165, 1.54) is 70.6 Å². The quantitative estimate of drug-likeness (QED) is 0.348. The highest BCUT2D eigenvalue weighted by Gasteiger charge is 1.95. The second-order valence-corrected chi connectivity index (χ2v) is 6.00. The zero-order chi connectivity index (χ0) is 13.5. The van der Waals surface area contributed by atoms with Gasteiger partial charge in [0.2, 0.25) is 0 Å². The maximum atomic E-state index is 5.58. The molecule has 0 aromatic rings. The molecule has 0 fully saturated rings. The predicted molar refractivity (Wildman–Crippen MR) is 82.1 cm³/mol. The number of unbranched alkanes of at least 4 members (excludes halogenated alkanes) is 10. The van der Waals surface area contributed by atoms with Crippen molar-refractivity contribution in [1.82, 2.24) is 0 Å². The van der Waals surface area contributed by atoms with Crippen molar-refractivity contribution in [2.75, 3.05) is 13.2 Å². The summed E-state index contributed by atoms with van der Waals surface area (Å²) in [4.78, 5) is 0. The minimum absolute atomic E-state index is 0.678. The Morgan fingerprint density at radius 1 is 0.667 bits per heavy atom. The molecule has 0 saturated carbocycles. The third-order valence-corrected chi connectivity index (χ3v) is 3.34. The first-order valence-corrected chi connectivity index (χ1v) is 8.35. The van der Waals surface area contributed by atoms with Crippen molar-refractivity contribution in [2.24, 2.45) is 5.92 Å². The Kier molecular flexibility index (Phi) is 15.0. The molecular weight excluding hydrogens is 220 g/mol. The van der Waals surface area contributed by atoms with Gasteiger partial charge in [0.15, 0.2) is 0 Å². The Balaban J connectivity index is 2.90. The van der Waals surface area contributed by atoms with Crippen molar-refractivity contribution in [3.8, 4) is 0 Å². The van der Waals surface area contributed by atoms with E-state index in [2.05, 4.69) is 20.8 Å². The lowest BCUT2D eigenvalue weighted by Gasteiger charge is -2.06. The molecule has 0 unspecified atom stereocenters. The Morgan fingerprint density at radius 3 is 1.56 bits per heavy atom. The van der Waals surface area contributed by atoms with Crippen molar-refractivity contribution in [3.63, 3.8) is 0 Å². The molecule has 0 radical (unpaired) electrons. The lowest BCUT2D eigenvalue weighted by molar-refractivity contribution is 0.106. The minimum Gasteiger partial charge on any atom is -0.381 e. The Morgan fingerprint density at radius 2 is 1.11 bits per heavy atom. The van der Waals surface area contributed by atoms with Crippen LogP contribution in [-0.4, -0.2) is 13.2 Å². The zero-order valence-corrected chi connectivity index (χ0v) is 13.2. The molecular formula is C17H36O. The van der Waals surface area contributed by atoms with Gasteiger partial charge < -0.3 is 4.74 Å². The van der Waals surface area contributed by atoms with Crippen LogP contribution in [-0.2, 0) is 4.74 Å². The number of rotatable bonds is 14. The van der Waals surface area contributed by atoms with Crippen LogP contribution in [0.2, 0.25) is 0 Å². The van der Waals surface area contributed by atoms with Crippen LogP contribution < -0.4 is 0 Å². The molecule has 0 aromatic heterocycles. The molecule has 1 heteroatoms. The first kappa shape index (κ1) is 18.0. The molecule has 1 nitrogen and oxygen atoms in total. The van der Waals surface area contributed by atoms with Crippen LogP contribution in [0, 0.1) is 5.92 Å². The molecule has 0 atom stereocenters. The van der Waals surface area contributed by atoms with E-state index >= 15 is 0 Å². The van der Waals surface area contributed by atoms with E-state index in [4.69, 9.17) is 4.74 Å². The van der Waals surface area contributed by atoms with Crippen molar-refractivity contribution >= 4 is 0 Å². The van der Waals surface area contributed by atoms with Crippen LogP contribution in [0.15, 0.2) is 0 Å². The molecule has 0 aliphatic heterocycles. The number of hydrogen-bond donors (Lipinski definition) is 0. The highest BCUT2D eigenvalue weighted by Crippen LogP contribution is 2.11. The van der Waals surface area contributed by atoms with Crippen LogP contribution in [0.1, 0.15) is 91.4 Å². The molecule has 0 aromatic carbocycles. The number of hydrogen-bond acceptors (Lipinski definition) is 1. The summed E-state index contributed by atoms with van der Waals surface area (Å²) in [6, 6.07) is 0. The third-order valence-electron chi connectivity index (χ3n) is 3.34. The zero-order valence-electron chi connectivity index (χ0n) is 13.2. The molecule has 0 amide bonds. The van der Waals surface area contributed by atoms with E-state index in [-0.39, 0.29) is 0 Å². The first-order chi connectivity index (χ1) is 8.77. The van der Waals surface area contributed by atoms with Crippen LogP contribution in [0.25, 0.3) is 0 Å². The Bertz CT molecular complexity index is 143. The van der Waals surface area contributed by atoms with Gasteiger partial charge in [0.25, 0.3) is 0 Å². The van der Waals surface area contributed by atoms with Crippen molar-refractivity contribution < 1.29 is 4.74 Å². The molecule has 18 heavy (non-hydrogen) atoms. The van der Waals surface area contributed by atoms with Gasteiger partial charge in [0.1, 0.15) is 0 Å². The summed E-state index contributed by atoms with van der Waals surface area (Å²) in [6.45, 7) is 8.60. The van der Waals surface area contributed by atoms with E-state index in [9.17, 15) is 0 Å². The van der Waals surface area contributed by atoms with E-state index in [1.54, 1.807) is 0 Å². The largest absolute Gasteiger partial charge is 0.381 e. The molecule has 0 spiro atoms. The molecule has 0 bridgehead atoms. The minimum atomic E-state index is 0.678. The van der Waals surface area contributed by atoms with Gasteiger partial charge in [0, 0.05) is 13.2 Å². The molecule has 0 saturated heterocycles. The Labute approximate surface area is 116 Å². The van der Waals surface area contributed by atoms with Gasteiger partial charge in [-0.25, -0.2) is 0 Å². The van der Waals surface area contributed by atoms with Gasteiger partial charge in [-0.1, -0.05) is 85.0 Å². The topological polar surface area (TPSA) is 9.23 Å². The van der Waals surface area contributed by atoms with Crippen molar-refractivity contribution in [3.05, 3.63) is 0 Å². The molecule has 0 heterocycles. The van der Waals surface area contributed by atoms with Crippen LogP contribution in [0.3, 0.4) is 0 Å². The second kappa shape index (κ2) is 15.0. The average Bonchev–Trinajstić information content (AvgIpc) is 2.34. The van der Waals surface area contributed by atoms with Gasteiger partial charge in [-0.3, -0.25) is 0 Å². The highest BCUT2D eigenvalue weighted by atomic mass is 16.5. The van der Waals surface area contributed by atoms with E-state index in [0.717, 1.165) is 13.2 Å². The van der Waals surface area contributed by atoms with Crippen LogP contribution in [0.4, 0.5) is 0 Å². The average molecular weight is 256 g/mol. The van der Waals surface area contributed by atoms with Crippen LogP contribution >= 0.6 is 0 Å². The summed E-state index contributed by atoms with van der Waals surface area (Å²) in [5.74, 6) is 0.678. The molecule has 0 N–H and O–H groups in total. The van der Waals surface area contributed by atoms with E-state index in [0.29, 0.717) is 5.92 Å². The molecule has 110 valence electrons. The molecule has 0 aliphatic carbocycles. The van der Waals surface area contributed by atoms with Gasteiger partial charge in [0.05, 0.1) is 0 Å². The third kappa shape index (κ3) is 16.0. The molecule has 0 aliphatic rings. The van der Waals surface area contributed by atoms with E-state index in [1.807, 2.05) is 0 Å². The summed E-state index contributed by atoms with van der Waals surface area (Å²) in [5.41, 5.74) is 0. The van der Waals surface area contributed by atoms with Crippen molar-refractivity contribution in [1.29, 1.82) is 0 Å². The van der Waals surface area contributed by atoms with Gasteiger partial charge >= 0.3 is 0 Å². The second-order valence-electron chi connectivity index (χ2n) is 6.00. The highest BCUT2D eigenvalue weighted by molar-refractivity contribution is 4.48. The number of ether oxygens (including phenoxy) is 1. The molecule has 0 rings (SSSR count). The smallest absolute Gasteiger partial charge is 0.0488 e. The summed E-state index contributed by atoms with van der Waals surface area (Å²) in [6.07, 6.45) is 15.5. The predicted octanol–water partition coefficient (Wildman–Crippen LogP) is 5.97. The lowest BCUT2D eigenvalue weighted by atomic mass is 10.1. The van der Waals surface area contributed by atoms with Gasteiger partial charge in [-0.15, -0.1) is 0 Å². The fourth-order valence-electron chi connectivity index (χ4n) is 2.19. The van der Waals surface area contributed by atoms with E-state index < -0.39 is 0 Å². The summed E-state index contributed by atoms with van der Waals surface area (Å²) >= 11 is 0. The van der Waals surface area contributed by atoms with Gasteiger partial charge in [-0.2, -0.15) is 0 Å². The monoisotopic (exact) mass is 256 g/mol. The normalized spacial score (nSPS) is 11.3. The summed E-state index contributed by atoms with van der Waals surface area (Å²) in [7, 11) is 0. The van der Waals surface area contributed by atoms with Crippen molar-refractivity contribution in [2.45, 2.75) is 91.4 Å². The first-order valence-electron chi connectivity index (χ1n) is 8.35. The fraction of sp³-hybridized carbons (Fsp3) is 1.00. The van der Waals surface area contributed by atoms with Gasteiger partial charge in [-0.05, 0) is 12.3 Å². The SMILES string of the molecule is CCCCCCCCCCCCCOCC(C)C. The lowest BCUT2D eigenvalue weighted by Crippen LogP contribution is -2.02. The summed E-state index contributed by atoms with van der Waals surface area (Å²) < 4.78 is 5.58. The summed E-state index contributed by atoms with van der Waals surface area (Å²) in [5, 5.41) is 0. The maximum Gasteiger partial charge on any atom is 0.0488 e. The maximum absolute atomic E-state index is 5.58.